The van der Waals surface area contributed by atoms with Crippen molar-refractivity contribution in [3.05, 3.63) is 75.7 Å². The lowest BCUT2D eigenvalue weighted by atomic mass is 9.96. The molecule has 184 valence electrons. The Morgan fingerprint density at radius 2 is 1.94 bits per heavy atom. The van der Waals surface area contributed by atoms with Crippen LogP contribution in [0.1, 0.15) is 62.5 Å². The second-order valence-electron chi connectivity index (χ2n) is 10.4. The quantitative estimate of drug-likeness (QED) is 0.273. The van der Waals surface area contributed by atoms with Crippen molar-refractivity contribution in [1.29, 1.82) is 5.26 Å². The molecule has 1 unspecified atom stereocenters. The van der Waals surface area contributed by atoms with Gasteiger partial charge in [-0.1, -0.05) is 67.4 Å². The molecule has 2 N–H and O–H groups in total. The van der Waals surface area contributed by atoms with Crippen molar-refractivity contribution in [2.75, 3.05) is 17.2 Å². The SMILES string of the molecule is CC(C)(C)CNc1c(C#N)cnc2c(Cl)cc(NC(c3cn(C4CC4)nn3)c3ccccc3Cl)cc12. The van der Waals surface area contributed by atoms with Gasteiger partial charge in [-0.25, -0.2) is 4.68 Å². The third kappa shape index (κ3) is 5.11. The standard InChI is InChI=1S/C27H27Cl2N7/c1-27(2,3)15-32-24-16(12-30)13-31-25-20(24)10-17(11-22(25)29)33-26(19-6-4-5-7-21(19)28)23-14-36(35-34-23)18-8-9-18/h4-7,10-11,13-14,18,26,33H,8-9,15H2,1-3H3,(H,31,32). The molecular formula is C27H27Cl2N7. The molecule has 0 bridgehead atoms. The molecule has 2 heterocycles. The molecule has 0 amide bonds. The van der Waals surface area contributed by atoms with Gasteiger partial charge in [0.2, 0.25) is 0 Å². The van der Waals surface area contributed by atoms with Crippen molar-refractivity contribution in [1.82, 2.24) is 20.0 Å². The highest BCUT2D eigenvalue weighted by Gasteiger charge is 2.28. The zero-order valence-electron chi connectivity index (χ0n) is 20.4. The Morgan fingerprint density at radius 1 is 1.17 bits per heavy atom. The third-order valence-corrected chi connectivity index (χ3v) is 6.75. The van der Waals surface area contributed by atoms with E-state index in [1.165, 1.54) is 0 Å². The number of aromatic nitrogens is 4. The van der Waals surface area contributed by atoms with Crippen LogP contribution in [0.3, 0.4) is 0 Å². The van der Waals surface area contributed by atoms with E-state index >= 15 is 0 Å². The highest BCUT2D eigenvalue weighted by molar-refractivity contribution is 6.36. The van der Waals surface area contributed by atoms with Gasteiger partial charge in [0.25, 0.3) is 0 Å². The lowest BCUT2D eigenvalue weighted by Gasteiger charge is -2.22. The highest BCUT2D eigenvalue weighted by atomic mass is 35.5. The lowest BCUT2D eigenvalue weighted by molar-refractivity contribution is 0.443. The average molecular weight is 520 g/mol. The Balaban J connectivity index is 1.59. The fourth-order valence-electron chi connectivity index (χ4n) is 4.10. The van der Waals surface area contributed by atoms with Crippen LogP contribution in [0.15, 0.2) is 48.8 Å². The van der Waals surface area contributed by atoms with Crippen molar-refractivity contribution in [2.24, 2.45) is 5.41 Å². The van der Waals surface area contributed by atoms with E-state index in [0.717, 1.165) is 40.9 Å². The van der Waals surface area contributed by atoms with Crippen LogP contribution in [0.4, 0.5) is 11.4 Å². The van der Waals surface area contributed by atoms with Crippen LogP contribution in [0.5, 0.6) is 0 Å². The van der Waals surface area contributed by atoms with Crippen LogP contribution >= 0.6 is 23.2 Å². The zero-order chi connectivity index (χ0) is 25.4. The van der Waals surface area contributed by atoms with Gasteiger partial charge in [0.15, 0.2) is 0 Å². The lowest BCUT2D eigenvalue weighted by Crippen LogP contribution is -2.20. The number of rotatable bonds is 7. The fraction of sp³-hybridized carbons (Fsp3) is 0.333. The van der Waals surface area contributed by atoms with E-state index in [1.807, 2.05) is 47.3 Å². The van der Waals surface area contributed by atoms with Crippen LogP contribution in [0.2, 0.25) is 10.0 Å². The molecule has 0 spiro atoms. The van der Waals surface area contributed by atoms with Gasteiger partial charge in [0, 0.05) is 28.8 Å². The van der Waals surface area contributed by atoms with Gasteiger partial charge in [-0.2, -0.15) is 5.26 Å². The Bertz CT molecular complexity index is 1460. The van der Waals surface area contributed by atoms with Gasteiger partial charge in [-0.3, -0.25) is 4.98 Å². The molecule has 1 saturated carbocycles. The first-order chi connectivity index (χ1) is 17.2. The highest BCUT2D eigenvalue weighted by Crippen LogP contribution is 2.38. The van der Waals surface area contributed by atoms with Crippen molar-refractivity contribution in [2.45, 2.75) is 45.7 Å². The minimum Gasteiger partial charge on any atom is -0.383 e. The molecule has 0 radical (unpaired) electrons. The van der Waals surface area contributed by atoms with Crippen molar-refractivity contribution >= 4 is 45.5 Å². The van der Waals surface area contributed by atoms with Crippen LogP contribution < -0.4 is 10.6 Å². The average Bonchev–Trinajstić information content (AvgIpc) is 3.57. The van der Waals surface area contributed by atoms with Crippen LogP contribution in [0.25, 0.3) is 10.9 Å². The number of anilines is 2. The Labute approximate surface area is 220 Å². The summed E-state index contributed by atoms with van der Waals surface area (Å²) >= 11 is 13.3. The maximum absolute atomic E-state index is 9.76. The first-order valence-corrected chi connectivity index (χ1v) is 12.7. The molecule has 36 heavy (non-hydrogen) atoms. The van der Waals surface area contributed by atoms with Crippen LogP contribution in [-0.4, -0.2) is 26.5 Å². The number of hydrogen-bond acceptors (Lipinski definition) is 6. The number of halogens is 2. The summed E-state index contributed by atoms with van der Waals surface area (Å²) in [6.45, 7) is 7.10. The molecule has 0 saturated heterocycles. The van der Waals surface area contributed by atoms with Crippen LogP contribution in [-0.2, 0) is 0 Å². The second kappa shape index (κ2) is 9.61. The Hall–Kier alpha value is -3.34. The minimum atomic E-state index is -0.349. The van der Waals surface area contributed by atoms with E-state index in [2.05, 4.69) is 52.8 Å². The summed E-state index contributed by atoms with van der Waals surface area (Å²) in [5.74, 6) is 0. The van der Waals surface area contributed by atoms with Crippen molar-refractivity contribution < 1.29 is 0 Å². The van der Waals surface area contributed by atoms with E-state index in [9.17, 15) is 5.26 Å². The first kappa shape index (κ1) is 24.4. The molecular weight excluding hydrogens is 493 g/mol. The number of fused-ring (bicyclic) bond motifs is 1. The first-order valence-electron chi connectivity index (χ1n) is 11.9. The second-order valence-corrected chi connectivity index (χ2v) is 11.2. The van der Waals surface area contributed by atoms with Crippen molar-refractivity contribution in [3.8, 4) is 6.07 Å². The minimum absolute atomic E-state index is 0.0184. The summed E-state index contributed by atoms with van der Waals surface area (Å²) in [5.41, 5.74) is 4.24. The molecule has 1 fully saturated rings. The fourth-order valence-corrected chi connectivity index (χ4v) is 4.61. The van der Waals surface area contributed by atoms with E-state index in [4.69, 9.17) is 23.2 Å². The molecule has 0 aliphatic heterocycles. The van der Waals surface area contributed by atoms with E-state index in [-0.39, 0.29) is 11.5 Å². The molecule has 5 rings (SSSR count). The Morgan fingerprint density at radius 3 is 2.64 bits per heavy atom. The third-order valence-electron chi connectivity index (χ3n) is 6.11. The molecule has 1 aliphatic rings. The summed E-state index contributed by atoms with van der Waals surface area (Å²) in [6.07, 6.45) is 5.78. The number of nitriles is 1. The number of pyridine rings is 1. The molecule has 7 nitrogen and oxygen atoms in total. The van der Waals surface area contributed by atoms with Crippen LogP contribution in [0, 0.1) is 16.7 Å². The largest absolute Gasteiger partial charge is 0.383 e. The summed E-state index contributed by atoms with van der Waals surface area (Å²) in [4.78, 5) is 4.47. The number of benzene rings is 2. The molecule has 9 heteroatoms. The monoisotopic (exact) mass is 519 g/mol. The molecule has 1 aliphatic carbocycles. The van der Waals surface area contributed by atoms with Gasteiger partial charge in [-0.05, 0) is 42.0 Å². The molecule has 1 atom stereocenters. The van der Waals surface area contributed by atoms with Gasteiger partial charge in [-0.15, -0.1) is 5.10 Å². The normalized spacial score (nSPS) is 14.4. The summed E-state index contributed by atoms with van der Waals surface area (Å²) < 4.78 is 1.92. The zero-order valence-corrected chi connectivity index (χ0v) is 21.9. The number of nitrogens with zero attached hydrogens (tertiary/aromatic N) is 5. The smallest absolute Gasteiger partial charge is 0.110 e. The summed E-state index contributed by atoms with van der Waals surface area (Å²) in [6, 6.07) is 13.8. The predicted octanol–water partition coefficient (Wildman–Crippen LogP) is 7.00. The van der Waals surface area contributed by atoms with E-state index < -0.39 is 0 Å². The van der Waals surface area contributed by atoms with E-state index in [1.54, 1.807) is 6.20 Å². The van der Waals surface area contributed by atoms with Gasteiger partial charge >= 0.3 is 0 Å². The van der Waals surface area contributed by atoms with Gasteiger partial charge in [0.1, 0.15) is 11.8 Å². The maximum Gasteiger partial charge on any atom is 0.110 e. The molecule has 4 aromatic rings. The maximum atomic E-state index is 9.76. The van der Waals surface area contributed by atoms with Gasteiger partial charge in [0.05, 0.1) is 40.1 Å². The molecule has 2 aromatic carbocycles. The number of nitrogens with one attached hydrogen (secondary N) is 2. The van der Waals surface area contributed by atoms with E-state index in [0.29, 0.717) is 33.7 Å². The number of hydrogen-bond donors (Lipinski definition) is 2. The summed E-state index contributed by atoms with van der Waals surface area (Å²) in [5, 5.41) is 27.5. The Kier molecular flexibility index (Phi) is 6.50. The summed E-state index contributed by atoms with van der Waals surface area (Å²) in [7, 11) is 0. The predicted molar refractivity (Wildman–Crippen MR) is 145 cm³/mol. The topological polar surface area (TPSA) is 91.5 Å². The van der Waals surface area contributed by atoms with Gasteiger partial charge < -0.3 is 10.6 Å². The van der Waals surface area contributed by atoms with Crippen molar-refractivity contribution in [3.63, 3.8) is 0 Å². The molecule has 2 aromatic heterocycles.